The van der Waals surface area contributed by atoms with E-state index in [1.807, 2.05) is 24.3 Å². The number of nitriles is 2. The molecule has 2 aliphatic rings. The van der Waals surface area contributed by atoms with Crippen LogP contribution in [0.15, 0.2) is 54.6 Å². The average molecular weight is 358 g/mol. The molecule has 2 aromatic carbocycles. The third-order valence-corrected chi connectivity index (χ3v) is 5.36. The molecule has 0 saturated carbocycles. The Hall–Kier alpha value is -3.64. The lowest BCUT2D eigenvalue weighted by Gasteiger charge is -2.36. The Morgan fingerprint density at radius 2 is 1.89 bits per heavy atom. The number of para-hydroxylation sites is 1. The van der Waals surface area contributed by atoms with E-state index < -0.39 is 35.2 Å². The Morgan fingerprint density at radius 3 is 2.56 bits per heavy atom. The molecule has 132 valence electrons. The van der Waals surface area contributed by atoms with Crippen LogP contribution in [0.4, 0.5) is 10.1 Å². The van der Waals surface area contributed by atoms with Gasteiger partial charge in [-0.15, -0.1) is 0 Å². The van der Waals surface area contributed by atoms with Gasteiger partial charge >= 0.3 is 0 Å². The smallest absolute Gasteiger partial charge is 0.176 e. The van der Waals surface area contributed by atoms with Gasteiger partial charge in [-0.1, -0.05) is 42.5 Å². The molecule has 2 aromatic rings. The Kier molecular flexibility index (Phi) is 3.71. The quantitative estimate of drug-likeness (QED) is 0.819. The van der Waals surface area contributed by atoms with Crippen LogP contribution in [0.25, 0.3) is 6.08 Å². The Bertz CT molecular complexity index is 1040. The number of benzene rings is 2. The number of fused-ring (bicyclic) bond motifs is 3. The highest BCUT2D eigenvalue weighted by Gasteiger charge is 2.61. The highest BCUT2D eigenvalue weighted by atomic mass is 19.1. The molecule has 0 unspecified atom stereocenters. The van der Waals surface area contributed by atoms with Crippen LogP contribution in [0.5, 0.6) is 0 Å². The number of hydrogen-bond donors (Lipinski definition) is 0. The maximum atomic E-state index is 13.9. The molecule has 0 N–H and O–H groups in total. The van der Waals surface area contributed by atoms with Gasteiger partial charge in [-0.3, -0.25) is 0 Å². The number of nitrogens with zero attached hydrogens (tertiary/aromatic N) is 3. The van der Waals surface area contributed by atoms with Crippen LogP contribution in [0.2, 0.25) is 0 Å². The number of anilines is 1. The van der Waals surface area contributed by atoms with Crippen molar-refractivity contribution in [2.45, 2.75) is 18.0 Å². The molecule has 0 amide bonds. The molecule has 0 aliphatic carbocycles. The lowest BCUT2D eigenvalue weighted by Crippen LogP contribution is -2.49. The van der Waals surface area contributed by atoms with Gasteiger partial charge in [0.2, 0.25) is 0 Å². The molecule has 0 spiro atoms. The zero-order valence-corrected chi connectivity index (χ0v) is 14.0. The highest BCUT2D eigenvalue weighted by Crippen LogP contribution is 2.54. The lowest BCUT2D eigenvalue weighted by atomic mass is 9.70. The predicted molar refractivity (Wildman–Crippen MR) is 93.3 cm³/mol. The summed E-state index contributed by atoms with van der Waals surface area (Å²) in [6, 6.07) is 14.5. The summed E-state index contributed by atoms with van der Waals surface area (Å²) < 4.78 is 13.9. The Labute approximate surface area is 155 Å². The van der Waals surface area contributed by atoms with Gasteiger partial charge in [0.1, 0.15) is 5.82 Å². The summed E-state index contributed by atoms with van der Waals surface area (Å²) in [5, 5.41) is 32.1. The van der Waals surface area contributed by atoms with Crippen LogP contribution in [0, 0.1) is 33.9 Å². The second-order valence-electron chi connectivity index (χ2n) is 6.66. The zero-order valence-electron chi connectivity index (χ0n) is 14.0. The van der Waals surface area contributed by atoms with Crippen molar-refractivity contribution in [1.82, 2.24) is 0 Å². The first-order chi connectivity index (χ1) is 13.0. The van der Waals surface area contributed by atoms with Crippen molar-refractivity contribution in [3.05, 3.63) is 71.6 Å². The summed E-state index contributed by atoms with van der Waals surface area (Å²) in [5.74, 6) is -3.05. The van der Waals surface area contributed by atoms with Gasteiger partial charge < -0.3 is 14.8 Å². The van der Waals surface area contributed by atoms with Gasteiger partial charge in [-0.25, -0.2) is 4.39 Å². The molecule has 0 bridgehead atoms. The van der Waals surface area contributed by atoms with Crippen molar-refractivity contribution >= 4 is 17.7 Å². The van der Waals surface area contributed by atoms with E-state index in [0.717, 1.165) is 5.56 Å². The van der Waals surface area contributed by atoms with E-state index in [9.17, 15) is 24.8 Å². The molecule has 2 aliphatic heterocycles. The van der Waals surface area contributed by atoms with Crippen LogP contribution in [-0.2, 0) is 4.79 Å². The zero-order chi connectivity index (χ0) is 19.2. The fraction of sp³-hybridized carbons (Fsp3) is 0.190. The van der Waals surface area contributed by atoms with Gasteiger partial charge in [0.05, 0.1) is 30.2 Å². The van der Waals surface area contributed by atoms with E-state index in [-0.39, 0.29) is 5.56 Å². The summed E-state index contributed by atoms with van der Waals surface area (Å²) in [7, 11) is 0. The summed E-state index contributed by atoms with van der Waals surface area (Å²) >= 11 is 0. The molecule has 6 heteroatoms. The largest absolute Gasteiger partial charge is 0.548 e. The molecular formula is C21H13FN3O2-. The van der Waals surface area contributed by atoms with Crippen LogP contribution < -0.4 is 10.0 Å². The number of carbonyl (C=O) groups is 1. The molecule has 1 saturated heterocycles. The first-order valence-corrected chi connectivity index (χ1v) is 8.38. The number of carboxylic acid groups (broad SMARTS) is 1. The van der Waals surface area contributed by atoms with Gasteiger partial charge in [0, 0.05) is 11.6 Å². The molecule has 1 fully saturated rings. The predicted octanol–water partition coefficient (Wildman–Crippen LogP) is 1.98. The summed E-state index contributed by atoms with van der Waals surface area (Å²) in [6.45, 7) is 0. The van der Waals surface area contributed by atoms with Gasteiger partial charge in [0.15, 0.2) is 5.41 Å². The SMILES string of the molecule is N#CC1(C#N)[C@H](c2cccc(F)c2)[C@H](C(=O)[O-])N2c3ccccc3C=C[C@H]21. The standard InChI is InChI=1S/C21H14FN3O2/c22-15-6-3-5-14(10-15)18-19(20(26)27)25-16-7-2-1-4-13(16)8-9-17(25)21(18,11-23)12-24/h1-10,17-19H,(H,26,27)/p-1/t17-,18+,19+/m0/s1. The monoisotopic (exact) mass is 358 g/mol. The minimum atomic E-state index is -1.71. The third kappa shape index (κ3) is 2.24. The Morgan fingerprint density at radius 1 is 1.15 bits per heavy atom. The van der Waals surface area contributed by atoms with Crippen molar-refractivity contribution in [3.8, 4) is 12.1 Å². The fourth-order valence-electron chi connectivity index (χ4n) is 4.28. The number of carbonyl (C=O) groups excluding carboxylic acids is 1. The van der Waals surface area contributed by atoms with Crippen LogP contribution in [0.1, 0.15) is 17.0 Å². The minimum absolute atomic E-state index is 0.285. The molecule has 0 aromatic heterocycles. The number of rotatable bonds is 2. The first kappa shape index (κ1) is 16.8. The van der Waals surface area contributed by atoms with Crippen LogP contribution in [0.3, 0.4) is 0 Å². The molecular weight excluding hydrogens is 345 g/mol. The van der Waals surface area contributed by atoms with E-state index in [1.54, 1.807) is 35.3 Å². The highest BCUT2D eigenvalue weighted by molar-refractivity contribution is 5.86. The second kappa shape index (κ2) is 5.96. The van der Waals surface area contributed by atoms with Gasteiger partial charge in [-0.05, 0) is 29.3 Å². The van der Waals surface area contributed by atoms with E-state index >= 15 is 0 Å². The normalized spacial score (nSPS) is 24.4. The number of carboxylic acids is 1. The van der Waals surface area contributed by atoms with Crippen molar-refractivity contribution < 1.29 is 14.3 Å². The maximum Gasteiger partial charge on any atom is 0.176 e. The van der Waals surface area contributed by atoms with E-state index in [4.69, 9.17) is 0 Å². The van der Waals surface area contributed by atoms with Crippen molar-refractivity contribution in [3.63, 3.8) is 0 Å². The molecule has 27 heavy (non-hydrogen) atoms. The van der Waals surface area contributed by atoms with E-state index in [2.05, 4.69) is 0 Å². The van der Waals surface area contributed by atoms with E-state index in [0.29, 0.717) is 5.69 Å². The number of halogens is 1. The topological polar surface area (TPSA) is 91.0 Å². The third-order valence-electron chi connectivity index (χ3n) is 5.36. The average Bonchev–Trinajstić information content (AvgIpc) is 2.99. The van der Waals surface area contributed by atoms with Crippen molar-refractivity contribution in [2.75, 3.05) is 4.90 Å². The number of hydrogen-bond acceptors (Lipinski definition) is 5. The molecule has 4 rings (SSSR count). The van der Waals surface area contributed by atoms with Gasteiger partial charge in [-0.2, -0.15) is 10.5 Å². The van der Waals surface area contributed by atoms with Crippen molar-refractivity contribution in [2.24, 2.45) is 5.41 Å². The molecule has 5 nitrogen and oxygen atoms in total. The maximum absolute atomic E-state index is 13.9. The van der Waals surface area contributed by atoms with Crippen LogP contribution >= 0.6 is 0 Å². The molecule has 2 heterocycles. The van der Waals surface area contributed by atoms with Crippen LogP contribution in [-0.4, -0.2) is 18.1 Å². The van der Waals surface area contributed by atoms with Gasteiger partial charge in [0.25, 0.3) is 0 Å². The number of aliphatic carboxylic acids is 1. The lowest BCUT2D eigenvalue weighted by molar-refractivity contribution is -0.307. The summed E-state index contributed by atoms with van der Waals surface area (Å²) in [6.07, 6.45) is 3.45. The van der Waals surface area contributed by atoms with Crippen molar-refractivity contribution in [1.29, 1.82) is 10.5 Å². The minimum Gasteiger partial charge on any atom is -0.548 e. The first-order valence-electron chi connectivity index (χ1n) is 8.38. The fourth-order valence-corrected chi connectivity index (χ4v) is 4.28. The summed E-state index contributed by atoms with van der Waals surface area (Å²) in [5.41, 5.74) is -0.0343. The summed E-state index contributed by atoms with van der Waals surface area (Å²) in [4.78, 5) is 13.7. The molecule has 3 atom stereocenters. The van der Waals surface area contributed by atoms with E-state index in [1.165, 1.54) is 18.2 Å². The second-order valence-corrected chi connectivity index (χ2v) is 6.66. The molecule has 0 radical (unpaired) electrons. The Balaban J connectivity index is 2.01.